The third-order valence-corrected chi connectivity index (χ3v) is 3.77. The Morgan fingerprint density at radius 1 is 1.25 bits per heavy atom. The molecule has 0 aliphatic heterocycles. The van der Waals surface area contributed by atoms with Gasteiger partial charge in [0, 0.05) is 18.1 Å². The van der Waals surface area contributed by atoms with E-state index in [4.69, 9.17) is 27.9 Å². The van der Waals surface area contributed by atoms with E-state index in [0.29, 0.717) is 22.7 Å². The van der Waals surface area contributed by atoms with Gasteiger partial charge in [-0.2, -0.15) is 0 Å². The second kappa shape index (κ2) is 6.47. The number of hydrogen-bond donors (Lipinski definition) is 0. The van der Waals surface area contributed by atoms with Gasteiger partial charge >= 0.3 is 0 Å². The van der Waals surface area contributed by atoms with Crippen molar-refractivity contribution in [1.82, 2.24) is 4.98 Å². The third-order valence-electron chi connectivity index (χ3n) is 3.14. The molecule has 1 aromatic carbocycles. The molecule has 1 heterocycles. The van der Waals surface area contributed by atoms with E-state index in [2.05, 4.69) is 31.8 Å². The van der Waals surface area contributed by atoms with Crippen LogP contribution in [0.4, 0.5) is 0 Å². The summed E-state index contributed by atoms with van der Waals surface area (Å²) in [5.74, 6) is 2.10. The second-order valence-electron chi connectivity index (χ2n) is 5.02. The molecule has 0 aliphatic rings. The Bertz CT molecular complexity index is 611. The normalized spacial score (nSPS) is 10.9. The minimum Gasteiger partial charge on any atom is -0.439 e. The third kappa shape index (κ3) is 3.44. The van der Waals surface area contributed by atoms with E-state index in [9.17, 15) is 0 Å². The number of alkyl halides is 1. The summed E-state index contributed by atoms with van der Waals surface area (Å²) in [6.45, 7) is 6.44. The summed E-state index contributed by atoms with van der Waals surface area (Å²) in [6, 6.07) is 7.83. The van der Waals surface area contributed by atoms with Crippen LogP contribution in [-0.2, 0) is 5.88 Å². The SMILES string of the molecule is Cc1cc(Oc2cc(CCl)c(Cl)cn2)ccc1C(C)C. The molecule has 0 saturated carbocycles. The molecule has 0 N–H and O–H groups in total. The van der Waals surface area contributed by atoms with Crippen LogP contribution in [0.25, 0.3) is 0 Å². The van der Waals surface area contributed by atoms with Crippen molar-refractivity contribution in [1.29, 1.82) is 0 Å². The topological polar surface area (TPSA) is 22.1 Å². The minimum atomic E-state index is 0.336. The number of aryl methyl sites for hydroxylation is 1. The number of pyridine rings is 1. The van der Waals surface area contributed by atoms with E-state index < -0.39 is 0 Å². The number of nitrogens with zero attached hydrogens (tertiary/aromatic N) is 1. The highest BCUT2D eigenvalue weighted by Crippen LogP contribution is 2.28. The lowest BCUT2D eigenvalue weighted by Crippen LogP contribution is -1.94. The first kappa shape index (κ1) is 15.1. The molecular formula is C16H17Cl2NO. The molecule has 0 aliphatic carbocycles. The fourth-order valence-electron chi connectivity index (χ4n) is 2.10. The van der Waals surface area contributed by atoms with Crippen molar-refractivity contribution in [3.05, 3.63) is 52.2 Å². The monoisotopic (exact) mass is 309 g/mol. The molecule has 0 radical (unpaired) electrons. The number of aromatic nitrogens is 1. The van der Waals surface area contributed by atoms with Crippen molar-refractivity contribution in [2.24, 2.45) is 0 Å². The van der Waals surface area contributed by atoms with E-state index in [-0.39, 0.29) is 0 Å². The van der Waals surface area contributed by atoms with Gasteiger partial charge in [-0.15, -0.1) is 11.6 Å². The summed E-state index contributed by atoms with van der Waals surface area (Å²) in [7, 11) is 0. The maximum Gasteiger partial charge on any atom is 0.219 e. The van der Waals surface area contributed by atoms with Crippen LogP contribution in [0.5, 0.6) is 11.6 Å². The van der Waals surface area contributed by atoms with Crippen LogP contribution in [0, 0.1) is 6.92 Å². The predicted octanol–water partition coefficient (Wildman–Crippen LogP) is 5.70. The van der Waals surface area contributed by atoms with Gasteiger partial charge in [-0.25, -0.2) is 4.98 Å². The molecule has 106 valence electrons. The first-order valence-corrected chi connectivity index (χ1v) is 7.41. The minimum absolute atomic E-state index is 0.336. The molecule has 0 spiro atoms. The Labute approximate surface area is 129 Å². The molecule has 2 aromatic rings. The van der Waals surface area contributed by atoms with Crippen molar-refractivity contribution < 1.29 is 4.74 Å². The summed E-state index contributed by atoms with van der Waals surface area (Å²) in [5, 5.41) is 0.554. The van der Waals surface area contributed by atoms with E-state index in [0.717, 1.165) is 11.3 Å². The molecule has 0 fully saturated rings. The van der Waals surface area contributed by atoms with Crippen molar-refractivity contribution in [2.75, 3.05) is 0 Å². The van der Waals surface area contributed by atoms with Crippen LogP contribution in [0.1, 0.15) is 36.5 Å². The van der Waals surface area contributed by atoms with Crippen LogP contribution < -0.4 is 4.74 Å². The smallest absolute Gasteiger partial charge is 0.219 e. The van der Waals surface area contributed by atoms with Crippen LogP contribution in [0.3, 0.4) is 0 Å². The fraction of sp³-hybridized carbons (Fsp3) is 0.312. The Morgan fingerprint density at radius 3 is 2.60 bits per heavy atom. The molecule has 0 bridgehead atoms. The number of ether oxygens (including phenoxy) is 1. The Kier molecular flexibility index (Phi) is 4.90. The zero-order chi connectivity index (χ0) is 14.7. The van der Waals surface area contributed by atoms with Crippen molar-refractivity contribution in [3.63, 3.8) is 0 Å². The first-order valence-electron chi connectivity index (χ1n) is 6.50. The highest BCUT2D eigenvalue weighted by atomic mass is 35.5. The zero-order valence-corrected chi connectivity index (χ0v) is 13.3. The van der Waals surface area contributed by atoms with Crippen molar-refractivity contribution >= 4 is 23.2 Å². The van der Waals surface area contributed by atoms with Crippen molar-refractivity contribution in [3.8, 4) is 11.6 Å². The second-order valence-corrected chi connectivity index (χ2v) is 5.70. The quantitative estimate of drug-likeness (QED) is 0.676. The first-order chi connectivity index (χ1) is 9.51. The van der Waals surface area contributed by atoms with Gasteiger partial charge in [0.05, 0.1) is 5.02 Å². The maximum absolute atomic E-state index is 5.98. The van der Waals surface area contributed by atoms with Gasteiger partial charge in [0.15, 0.2) is 0 Å². The summed E-state index contributed by atoms with van der Waals surface area (Å²) in [6.07, 6.45) is 1.56. The summed E-state index contributed by atoms with van der Waals surface area (Å²) < 4.78 is 5.76. The van der Waals surface area contributed by atoms with Gasteiger partial charge in [0.2, 0.25) is 5.88 Å². The summed E-state index contributed by atoms with van der Waals surface area (Å²) in [4.78, 5) is 4.16. The van der Waals surface area contributed by atoms with Gasteiger partial charge in [-0.1, -0.05) is 31.5 Å². The number of hydrogen-bond acceptors (Lipinski definition) is 2. The van der Waals surface area contributed by atoms with E-state index >= 15 is 0 Å². The highest BCUT2D eigenvalue weighted by Gasteiger charge is 2.07. The molecule has 0 amide bonds. The Hall–Kier alpha value is -1.25. The van der Waals surface area contributed by atoms with Crippen LogP contribution in [0.2, 0.25) is 5.02 Å². The molecule has 2 rings (SSSR count). The summed E-state index contributed by atoms with van der Waals surface area (Å²) in [5.41, 5.74) is 3.35. The molecule has 20 heavy (non-hydrogen) atoms. The van der Waals surface area contributed by atoms with Gasteiger partial charge in [-0.3, -0.25) is 0 Å². The maximum atomic E-state index is 5.98. The largest absolute Gasteiger partial charge is 0.439 e. The average Bonchev–Trinajstić information content (AvgIpc) is 2.40. The Morgan fingerprint density at radius 2 is 2.00 bits per heavy atom. The lowest BCUT2D eigenvalue weighted by Gasteiger charge is -2.12. The van der Waals surface area contributed by atoms with Crippen LogP contribution in [0.15, 0.2) is 30.5 Å². The molecule has 0 atom stereocenters. The summed E-state index contributed by atoms with van der Waals surface area (Å²) >= 11 is 11.8. The van der Waals surface area contributed by atoms with Gasteiger partial charge < -0.3 is 4.74 Å². The molecule has 2 nitrogen and oxygen atoms in total. The lowest BCUT2D eigenvalue weighted by molar-refractivity contribution is 0.461. The van der Waals surface area contributed by atoms with E-state index in [1.54, 1.807) is 12.3 Å². The predicted molar refractivity (Wildman–Crippen MR) is 84.1 cm³/mol. The number of halogens is 2. The molecular weight excluding hydrogens is 293 g/mol. The van der Waals surface area contributed by atoms with E-state index in [1.165, 1.54) is 11.1 Å². The number of benzene rings is 1. The molecule has 0 unspecified atom stereocenters. The van der Waals surface area contributed by atoms with Gasteiger partial charge in [0.1, 0.15) is 5.75 Å². The van der Waals surface area contributed by atoms with Crippen LogP contribution in [-0.4, -0.2) is 4.98 Å². The van der Waals surface area contributed by atoms with Gasteiger partial charge in [0.25, 0.3) is 0 Å². The molecule has 0 saturated heterocycles. The standard InChI is InChI=1S/C16H17Cl2NO/c1-10(2)14-5-4-13(6-11(14)3)20-16-7-12(8-17)15(18)9-19-16/h4-7,9-10H,8H2,1-3H3. The average molecular weight is 310 g/mol. The molecule has 1 aromatic heterocycles. The van der Waals surface area contributed by atoms with Gasteiger partial charge in [-0.05, 0) is 41.7 Å². The zero-order valence-electron chi connectivity index (χ0n) is 11.8. The highest BCUT2D eigenvalue weighted by molar-refractivity contribution is 6.32. The van der Waals surface area contributed by atoms with Crippen LogP contribution >= 0.6 is 23.2 Å². The number of rotatable bonds is 4. The fourth-order valence-corrected chi connectivity index (χ4v) is 2.56. The van der Waals surface area contributed by atoms with E-state index in [1.807, 2.05) is 12.1 Å². The lowest BCUT2D eigenvalue weighted by atomic mass is 9.98. The molecule has 4 heteroatoms. The Balaban J connectivity index is 2.24. The van der Waals surface area contributed by atoms with Crippen molar-refractivity contribution in [2.45, 2.75) is 32.6 Å².